The van der Waals surface area contributed by atoms with E-state index in [4.69, 9.17) is 5.73 Å². The summed E-state index contributed by atoms with van der Waals surface area (Å²) in [5, 5.41) is 0. The van der Waals surface area contributed by atoms with Crippen molar-refractivity contribution in [2.24, 2.45) is 10.7 Å². The number of likely N-dealkylation sites (N-methyl/N-ethyl adjacent to an activating group) is 1. The van der Waals surface area contributed by atoms with Gasteiger partial charge in [0.25, 0.3) is 12.3 Å². The third-order valence-electron chi connectivity index (χ3n) is 5.10. The molecule has 0 radical (unpaired) electrons. The molecule has 2 aromatic heterocycles. The number of pyridine rings is 2. The van der Waals surface area contributed by atoms with Crippen LogP contribution in [0.4, 0.5) is 17.6 Å². The molecule has 3 aromatic rings. The number of aromatic nitrogens is 2. The van der Waals surface area contributed by atoms with E-state index < -0.39 is 35.2 Å². The second-order valence-electron chi connectivity index (χ2n) is 6.89. The molecule has 3 heterocycles. The Bertz CT molecular complexity index is 1220. The van der Waals surface area contributed by atoms with Gasteiger partial charge in [-0.25, -0.2) is 23.1 Å². The maximum absolute atomic E-state index is 14.6. The first-order valence-corrected chi connectivity index (χ1v) is 9.03. The number of carbonyl (C=O) groups is 1. The number of nitrogens with zero attached hydrogens (tertiary/aromatic N) is 4. The number of benzene rings is 1. The van der Waals surface area contributed by atoms with Gasteiger partial charge in [0.05, 0.1) is 0 Å². The predicted octanol–water partition coefficient (Wildman–Crippen LogP) is 3.39. The summed E-state index contributed by atoms with van der Waals surface area (Å²) in [6.07, 6.45) is 0.560. The van der Waals surface area contributed by atoms with Gasteiger partial charge in [0.15, 0.2) is 11.5 Å². The van der Waals surface area contributed by atoms with Gasteiger partial charge in [-0.15, -0.1) is 0 Å². The Labute approximate surface area is 174 Å². The number of alkyl halides is 2. The Kier molecular flexibility index (Phi) is 4.92. The van der Waals surface area contributed by atoms with Crippen molar-refractivity contribution in [3.8, 4) is 11.1 Å². The van der Waals surface area contributed by atoms with Gasteiger partial charge in [-0.1, -0.05) is 6.07 Å². The number of carbonyl (C=O) groups excluding carboxylic acids is 1. The van der Waals surface area contributed by atoms with Crippen LogP contribution in [0.1, 0.15) is 23.1 Å². The number of aliphatic imine (C=N–C) groups is 1. The largest absolute Gasteiger partial charge is 0.369 e. The third kappa shape index (κ3) is 3.20. The molecule has 1 aliphatic heterocycles. The molecular formula is C21H15F4N5O. The highest BCUT2D eigenvalue weighted by molar-refractivity contribution is 6.09. The SMILES string of the molecule is CN1C(=O)C(c2cncc(C(F)F)c2)(c2ccc(F)c(-c3cccnc3F)c2)N=C1N. The minimum absolute atomic E-state index is 0.0202. The average Bonchev–Trinajstić information content (AvgIpc) is 2.99. The van der Waals surface area contributed by atoms with E-state index in [0.717, 1.165) is 23.2 Å². The van der Waals surface area contributed by atoms with Gasteiger partial charge in [-0.3, -0.25) is 14.7 Å². The molecule has 2 N–H and O–H groups in total. The zero-order valence-electron chi connectivity index (χ0n) is 16.1. The minimum atomic E-state index is -2.84. The number of hydrogen-bond donors (Lipinski definition) is 1. The minimum Gasteiger partial charge on any atom is -0.369 e. The number of amides is 1. The molecule has 1 aromatic carbocycles. The lowest BCUT2D eigenvalue weighted by atomic mass is 9.82. The van der Waals surface area contributed by atoms with Gasteiger partial charge < -0.3 is 5.73 Å². The summed E-state index contributed by atoms with van der Waals surface area (Å²) < 4.78 is 55.4. The lowest BCUT2D eigenvalue weighted by molar-refractivity contribution is -0.129. The number of guanidine groups is 1. The molecule has 0 saturated heterocycles. The number of rotatable bonds is 4. The maximum atomic E-state index is 14.6. The quantitative estimate of drug-likeness (QED) is 0.509. The van der Waals surface area contributed by atoms with Gasteiger partial charge in [0.2, 0.25) is 5.95 Å². The van der Waals surface area contributed by atoms with E-state index in [1.807, 2.05) is 0 Å². The van der Waals surface area contributed by atoms with Crippen molar-refractivity contribution in [2.75, 3.05) is 7.05 Å². The van der Waals surface area contributed by atoms with Crippen LogP contribution < -0.4 is 5.73 Å². The fourth-order valence-corrected chi connectivity index (χ4v) is 3.50. The molecule has 31 heavy (non-hydrogen) atoms. The van der Waals surface area contributed by atoms with Crippen LogP contribution in [0.15, 0.2) is 60.0 Å². The van der Waals surface area contributed by atoms with Gasteiger partial charge >= 0.3 is 0 Å². The Morgan fingerprint density at radius 2 is 1.84 bits per heavy atom. The number of halogens is 4. The third-order valence-corrected chi connectivity index (χ3v) is 5.10. The van der Waals surface area contributed by atoms with E-state index in [0.29, 0.717) is 0 Å². The molecule has 1 atom stereocenters. The van der Waals surface area contributed by atoms with E-state index in [-0.39, 0.29) is 28.2 Å². The summed E-state index contributed by atoms with van der Waals surface area (Å²) in [5.41, 5.74) is 3.38. The molecule has 10 heteroatoms. The van der Waals surface area contributed by atoms with Crippen LogP contribution >= 0.6 is 0 Å². The summed E-state index contributed by atoms with van der Waals surface area (Å²) in [5.74, 6) is -2.49. The van der Waals surface area contributed by atoms with Gasteiger partial charge in [0, 0.05) is 47.9 Å². The molecule has 0 spiro atoms. The summed E-state index contributed by atoms with van der Waals surface area (Å²) in [6.45, 7) is 0. The fraction of sp³-hybridized carbons (Fsp3) is 0.143. The van der Waals surface area contributed by atoms with Crippen LogP contribution in [0.5, 0.6) is 0 Å². The van der Waals surface area contributed by atoms with Crippen molar-refractivity contribution in [2.45, 2.75) is 12.0 Å². The fourth-order valence-electron chi connectivity index (χ4n) is 3.50. The molecule has 0 aliphatic carbocycles. The molecule has 1 aliphatic rings. The van der Waals surface area contributed by atoms with Crippen LogP contribution in [-0.4, -0.2) is 33.8 Å². The second kappa shape index (κ2) is 7.46. The van der Waals surface area contributed by atoms with Gasteiger partial charge in [0.1, 0.15) is 5.82 Å². The highest BCUT2D eigenvalue weighted by Crippen LogP contribution is 2.41. The Morgan fingerprint density at radius 3 is 2.48 bits per heavy atom. The van der Waals surface area contributed by atoms with E-state index >= 15 is 0 Å². The molecule has 4 rings (SSSR count). The monoisotopic (exact) mass is 429 g/mol. The average molecular weight is 429 g/mol. The first-order valence-electron chi connectivity index (χ1n) is 9.03. The van der Waals surface area contributed by atoms with Crippen molar-refractivity contribution in [1.29, 1.82) is 0 Å². The lowest BCUT2D eigenvalue weighted by Gasteiger charge is -2.26. The van der Waals surface area contributed by atoms with Crippen LogP contribution in [0.25, 0.3) is 11.1 Å². The predicted molar refractivity (Wildman–Crippen MR) is 104 cm³/mol. The van der Waals surface area contributed by atoms with Gasteiger partial charge in [-0.05, 0) is 35.9 Å². The summed E-state index contributed by atoms with van der Waals surface area (Å²) in [6, 6.07) is 7.41. The Hall–Kier alpha value is -3.82. The first kappa shape index (κ1) is 20.5. The zero-order chi connectivity index (χ0) is 22.3. The van der Waals surface area contributed by atoms with Crippen molar-refractivity contribution in [3.63, 3.8) is 0 Å². The highest BCUT2D eigenvalue weighted by atomic mass is 19.3. The van der Waals surface area contributed by atoms with Crippen LogP contribution in [0.2, 0.25) is 0 Å². The van der Waals surface area contributed by atoms with Crippen molar-refractivity contribution >= 4 is 11.9 Å². The molecule has 0 fully saturated rings. The summed E-state index contributed by atoms with van der Waals surface area (Å²) in [7, 11) is 1.37. The topological polar surface area (TPSA) is 84.5 Å². The smallest absolute Gasteiger partial charge is 0.266 e. The summed E-state index contributed by atoms with van der Waals surface area (Å²) >= 11 is 0. The molecule has 1 amide bonds. The summed E-state index contributed by atoms with van der Waals surface area (Å²) in [4.78, 5) is 25.9. The van der Waals surface area contributed by atoms with Crippen LogP contribution in [0.3, 0.4) is 0 Å². The molecule has 0 saturated carbocycles. The second-order valence-corrected chi connectivity index (χ2v) is 6.89. The van der Waals surface area contributed by atoms with E-state index in [1.165, 1.54) is 43.7 Å². The zero-order valence-corrected chi connectivity index (χ0v) is 16.1. The van der Waals surface area contributed by atoms with Crippen LogP contribution in [0, 0.1) is 11.8 Å². The maximum Gasteiger partial charge on any atom is 0.266 e. The number of hydrogen-bond acceptors (Lipinski definition) is 5. The molecule has 6 nitrogen and oxygen atoms in total. The van der Waals surface area contributed by atoms with Crippen molar-refractivity contribution in [1.82, 2.24) is 14.9 Å². The Morgan fingerprint density at radius 1 is 1.06 bits per heavy atom. The van der Waals surface area contributed by atoms with Gasteiger partial charge in [-0.2, -0.15) is 4.39 Å². The lowest BCUT2D eigenvalue weighted by Crippen LogP contribution is -2.41. The normalized spacial score (nSPS) is 18.6. The molecular weight excluding hydrogens is 414 g/mol. The van der Waals surface area contributed by atoms with Crippen molar-refractivity contribution < 1.29 is 22.4 Å². The van der Waals surface area contributed by atoms with E-state index in [2.05, 4.69) is 15.0 Å². The highest BCUT2D eigenvalue weighted by Gasteiger charge is 2.50. The first-order chi connectivity index (χ1) is 14.8. The molecule has 158 valence electrons. The molecule has 1 unspecified atom stereocenters. The Balaban J connectivity index is 1.99. The number of nitrogens with two attached hydrogens (primary N) is 1. The standard InChI is InChI=1S/C21H15F4N5O/c1-30-19(31)21(29-20(30)26,13-7-11(17(23)24)9-27-10-13)12-4-5-16(22)15(8-12)14-3-2-6-28-18(14)25/h2-10,17H,1H3,(H2,26,29). The van der Waals surface area contributed by atoms with E-state index in [1.54, 1.807) is 0 Å². The van der Waals surface area contributed by atoms with Crippen molar-refractivity contribution in [3.05, 3.63) is 83.4 Å². The van der Waals surface area contributed by atoms with Crippen LogP contribution in [-0.2, 0) is 10.3 Å². The van der Waals surface area contributed by atoms with E-state index in [9.17, 15) is 22.4 Å². The molecule has 0 bridgehead atoms.